The van der Waals surface area contributed by atoms with Crippen LogP contribution in [-0.4, -0.2) is 10.2 Å². The second-order valence-corrected chi connectivity index (χ2v) is 2.59. The number of hydrogen-bond acceptors (Lipinski definition) is 1. The van der Waals surface area contributed by atoms with Gasteiger partial charge in [0, 0.05) is 6.20 Å². The van der Waals surface area contributed by atoms with Crippen LogP contribution in [0.4, 0.5) is 0 Å². The molecule has 10 heavy (non-hydrogen) atoms. The molecule has 1 heterocycles. The summed E-state index contributed by atoms with van der Waals surface area (Å²) >= 11 is 0. The number of nitrogens with zero attached hydrogens (tertiary/aromatic N) is 1. The summed E-state index contributed by atoms with van der Waals surface area (Å²) < 4.78 is 0. The molecule has 0 unspecified atom stereocenters. The summed E-state index contributed by atoms with van der Waals surface area (Å²) in [6.07, 6.45) is 7.83. The van der Waals surface area contributed by atoms with Gasteiger partial charge in [0.1, 0.15) is 0 Å². The van der Waals surface area contributed by atoms with Gasteiger partial charge in [-0.1, -0.05) is 6.08 Å². The lowest BCUT2D eigenvalue weighted by atomic mass is 10.2. The number of aromatic amines is 1. The van der Waals surface area contributed by atoms with Gasteiger partial charge in [-0.2, -0.15) is 5.10 Å². The molecule has 1 aliphatic rings. The van der Waals surface area contributed by atoms with Crippen LogP contribution < -0.4 is 0 Å². The normalized spacial score (nSPS) is 17.4. The number of allylic oxidation sites excluding steroid dienone is 2. The predicted molar refractivity (Wildman–Crippen MR) is 40.4 cm³/mol. The fourth-order valence-corrected chi connectivity index (χ4v) is 1.35. The Kier molecular flexibility index (Phi) is 1.31. The standard InChI is InChI=1S/C8H10N2/c1-2-4-7(3-1)8-5-6-9-10-8/h3,5-6H,1-2,4H2,(H,9,10). The minimum absolute atomic E-state index is 1.19. The van der Waals surface area contributed by atoms with Crippen LogP contribution >= 0.6 is 0 Å². The molecule has 2 rings (SSSR count). The zero-order valence-electron chi connectivity index (χ0n) is 5.80. The van der Waals surface area contributed by atoms with Gasteiger partial charge < -0.3 is 0 Å². The van der Waals surface area contributed by atoms with Gasteiger partial charge in [-0.3, -0.25) is 5.10 Å². The molecule has 1 N–H and O–H groups in total. The topological polar surface area (TPSA) is 28.7 Å². The van der Waals surface area contributed by atoms with Crippen molar-refractivity contribution < 1.29 is 0 Å². The summed E-state index contributed by atoms with van der Waals surface area (Å²) in [5, 5.41) is 6.86. The Bertz CT molecular complexity index is 234. The minimum atomic E-state index is 1.19. The first kappa shape index (κ1) is 5.71. The van der Waals surface area contributed by atoms with E-state index < -0.39 is 0 Å². The fraction of sp³-hybridized carbons (Fsp3) is 0.375. The van der Waals surface area contributed by atoms with Crippen LogP contribution in [0.3, 0.4) is 0 Å². The average molecular weight is 134 g/mol. The van der Waals surface area contributed by atoms with Gasteiger partial charge in [0.2, 0.25) is 0 Å². The maximum atomic E-state index is 3.90. The van der Waals surface area contributed by atoms with Crippen LogP contribution in [0.25, 0.3) is 5.57 Å². The van der Waals surface area contributed by atoms with Crippen LogP contribution in [0.5, 0.6) is 0 Å². The van der Waals surface area contributed by atoms with E-state index in [9.17, 15) is 0 Å². The van der Waals surface area contributed by atoms with Crippen LogP contribution in [0, 0.1) is 0 Å². The number of H-pyrrole nitrogens is 1. The lowest BCUT2D eigenvalue weighted by Gasteiger charge is -1.93. The van der Waals surface area contributed by atoms with E-state index in [1.807, 2.05) is 6.07 Å². The summed E-state index contributed by atoms with van der Waals surface area (Å²) in [4.78, 5) is 0. The molecule has 0 amide bonds. The van der Waals surface area contributed by atoms with Crippen LogP contribution in [0.1, 0.15) is 25.0 Å². The first-order valence-electron chi connectivity index (χ1n) is 3.65. The van der Waals surface area contributed by atoms with Gasteiger partial charge in [-0.05, 0) is 30.9 Å². The highest BCUT2D eigenvalue weighted by atomic mass is 15.1. The molecule has 1 aliphatic carbocycles. The van der Waals surface area contributed by atoms with Gasteiger partial charge in [0.05, 0.1) is 5.69 Å². The first-order chi connectivity index (χ1) is 4.97. The van der Waals surface area contributed by atoms with E-state index in [1.54, 1.807) is 6.20 Å². The quantitative estimate of drug-likeness (QED) is 0.625. The van der Waals surface area contributed by atoms with E-state index in [4.69, 9.17) is 0 Å². The first-order valence-corrected chi connectivity index (χ1v) is 3.65. The van der Waals surface area contributed by atoms with E-state index in [-0.39, 0.29) is 0 Å². The molecule has 0 aromatic carbocycles. The molecule has 0 saturated heterocycles. The molecule has 0 saturated carbocycles. The summed E-state index contributed by atoms with van der Waals surface area (Å²) in [5.74, 6) is 0. The zero-order chi connectivity index (χ0) is 6.81. The van der Waals surface area contributed by atoms with Gasteiger partial charge in [0.25, 0.3) is 0 Å². The molecule has 0 fully saturated rings. The molecule has 1 aromatic heterocycles. The van der Waals surface area contributed by atoms with E-state index in [2.05, 4.69) is 16.3 Å². The third-order valence-corrected chi connectivity index (χ3v) is 1.89. The predicted octanol–water partition coefficient (Wildman–Crippen LogP) is 1.98. The van der Waals surface area contributed by atoms with E-state index in [0.29, 0.717) is 0 Å². The second kappa shape index (κ2) is 2.29. The number of hydrogen-bond donors (Lipinski definition) is 1. The van der Waals surface area contributed by atoms with Crippen molar-refractivity contribution in [3.63, 3.8) is 0 Å². The average Bonchev–Trinajstić information content (AvgIpc) is 2.59. The van der Waals surface area contributed by atoms with Crippen LogP contribution in [0.15, 0.2) is 18.3 Å². The number of aromatic nitrogens is 2. The molecule has 0 bridgehead atoms. The van der Waals surface area contributed by atoms with E-state index in [0.717, 1.165) is 0 Å². The van der Waals surface area contributed by atoms with Gasteiger partial charge in [-0.25, -0.2) is 0 Å². The molecular formula is C8H10N2. The zero-order valence-corrected chi connectivity index (χ0v) is 5.80. The summed E-state index contributed by atoms with van der Waals surface area (Å²) in [6, 6.07) is 2.02. The molecule has 2 heteroatoms. The molecule has 0 radical (unpaired) electrons. The molecule has 0 aliphatic heterocycles. The Morgan fingerprint density at radius 2 is 2.50 bits per heavy atom. The number of rotatable bonds is 1. The van der Waals surface area contributed by atoms with E-state index >= 15 is 0 Å². The molecular weight excluding hydrogens is 124 g/mol. The molecule has 0 atom stereocenters. The monoisotopic (exact) mass is 134 g/mol. The van der Waals surface area contributed by atoms with Crippen molar-refractivity contribution in [1.29, 1.82) is 0 Å². The van der Waals surface area contributed by atoms with Crippen molar-refractivity contribution in [3.8, 4) is 0 Å². The van der Waals surface area contributed by atoms with Crippen molar-refractivity contribution in [2.45, 2.75) is 19.3 Å². The van der Waals surface area contributed by atoms with Gasteiger partial charge >= 0.3 is 0 Å². The highest BCUT2D eigenvalue weighted by Gasteiger charge is 2.06. The maximum Gasteiger partial charge on any atom is 0.0606 e. The molecule has 1 aromatic rings. The largest absolute Gasteiger partial charge is 0.278 e. The third-order valence-electron chi connectivity index (χ3n) is 1.89. The van der Waals surface area contributed by atoms with Gasteiger partial charge in [-0.15, -0.1) is 0 Å². The number of nitrogens with one attached hydrogen (secondary N) is 1. The Morgan fingerprint density at radius 3 is 3.10 bits per heavy atom. The smallest absolute Gasteiger partial charge is 0.0606 e. The molecule has 2 nitrogen and oxygen atoms in total. The Labute approximate surface area is 60.0 Å². The summed E-state index contributed by atoms with van der Waals surface area (Å²) in [5.41, 5.74) is 2.62. The maximum absolute atomic E-state index is 3.90. The van der Waals surface area contributed by atoms with Gasteiger partial charge in [0.15, 0.2) is 0 Å². The van der Waals surface area contributed by atoms with Crippen molar-refractivity contribution in [2.75, 3.05) is 0 Å². The van der Waals surface area contributed by atoms with Crippen LogP contribution in [-0.2, 0) is 0 Å². The Morgan fingerprint density at radius 1 is 1.50 bits per heavy atom. The molecule has 52 valence electrons. The SMILES string of the molecule is C1=C(c2ccn[nH]2)CCC1. The van der Waals surface area contributed by atoms with Crippen molar-refractivity contribution in [2.24, 2.45) is 0 Å². The lowest BCUT2D eigenvalue weighted by Crippen LogP contribution is -1.79. The lowest BCUT2D eigenvalue weighted by molar-refractivity contribution is 0.931. The Hall–Kier alpha value is -1.05. The summed E-state index contributed by atoms with van der Waals surface area (Å²) in [6.45, 7) is 0. The third kappa shape index (κ3) is 0.856. The highest BCUT2D eigenvalue weighted by Crippen LogP contribution is 2.25. The van der Waals surface area contributed by atoms with Crippen LogP contribution in [0.2, 0.25) is 0 Å². The van der Waals surface area contributed by atoms with Crippen molar-refractivity contribution in [3.05, 3.63) is 24.0 Å². The fourth-order valence-electron chi connectivity index (χ4n) is 1.35. The summed E-state index contributed by atoms with van der Waals surface area (Å²) in [7, 11) is 0. The minimum Gasteiger partial charge on any atom is -0.278 e. The van der Waals surface area contributed by atoms with Crippen molar-refractivity contribution in [1.82, 2.24) is 10.2 Å². The van der Waals surface area contributed by atoms with Crippen molar-refractivity contribution >= 4 is 5.57 Å². The highest BCUT2D eigenvalue weighted by molar-refractivity contribution is 5.63. The second-order valence-electron chi connectivity index (χ2n) is 2.59. The van der Waals surface area contributed by atoms with E-state index in [1.165, 1.54) is 30.5 Å². The Balaban J connectivity index is 2.28. The molecule has 0 spiro atoms.